The fourth-order valence-electron chi connectivity index (χ4n) is 12.4. The standard InChI is InChI=1S/C36H56O12/c1-31(2)10-11-35(30(45)46)12-13-36(17-38)18(19(35)14-31)6-7-22-32(3)15-20(39)27(34(5,29(43)44)23(32)8-9-33(22,36)4)48-28-26(42)25(41)24(40)21(16-37)47-28/h6,19-28,37-42H,7-17H2,1-5H3,(H,43,44)(H,45,46)/t19-,20-,21+,22+,23+,24+,25-,26+,27-,28-,32+,33+,34-,35-,36-/m1/s1. The Morgan fingerprint density at radius 2 is 1.52 bits per heavy atom. The van der Waals surface area contributed by atoms with Crippen LogP contribution < -0.4 is 0 Å². The molecule has 0 spiro atoms. The highest BCUT2D eigenvalue weighted by Gasteiger charge is 2.73. The van der Waals surface area contributed by atoms with Gasteiger partial charge in [0.05, 0.1) is 30.1 Å². The zero-order chi connectivity index (χ0) is 35.4. The van der Waals surface area contributed by atoms with Crippen LogP contribution in [0.4, 0.5) is 0 Å². The summed E-state index contributed by atoms with van der Waals surface area (Å²) in [6, 6.07) is 0. The highest BCUT2D eigenvalue weighted by Crippen LogP contribution is 2.76. The lowest BCUT2D eigenvalue weighted by atomic mass is 9.33. The summed E-state index contributed by atoms with van der Waals surface area (Å²) in [7, 11) is 0. The van der Waals surface area contributed by atoms with Crippen molar-refractivity contribution in [3.8, 4) is 0 Å². The van der Waals surface area contributed by atoms with Crippen molar-refractivity contribution in [2.24, 2.45) is 50.2 Å². The molecule has 1 saturated heterocycles. The lowest BCUT2D eigenvalue weighted by molar-refractivity contribution is -0.340. The number of hydrogen-bond acceptors (Lipinski definition) is 10. The second-order valence-corrected chi connectivity index (χ2v) is 17.7. The number of carboxylic acids is 2. The molecule has 0 aromatic heterocycles. The predicted molar refractivity (Wildman–Crippen MR) is 170 cm³/mol. The van der Waals surface area contributed by atoms with Crippen molar-refractivity contribution in [3.63, 3.8) is 0 Å². The first-order chi connectivity index (χ1) is 22.3. The lowest BCUT2D eigenvalue weighted by Gasteiger charge is -2.71. The number of aliphatic hydroxyl groups excluding tert-OH is 6. The van der Waals surface area contributed by atoms with Crippen LogP contribution in [-0.4, -0.2) is 109 Å². The van der Waals surface area contributed by atoms with Crippen molar-refractivity contribution in [2.45, 2.75) is 135 Å². The molecule has 8 N–H and O–H groups in total. The monoisotopic (exact) mass is 680 g/mol. The summed E-state index contributed by atoms with van der Waals surface area (Å²) in [5.41, 5.74) is -3.46. The summed E-state index contributed by atoms with van der Waals surface area (Å²) in [5.74, 6) is -2.81. The molecule has 0 radical (unpaired) electrons. The van der Waals surface area contributed by atoms with Crippen LogP contribution in [0, 0.1) is 50.2 Å². The predicted octanol–water partition coefficient (Wildman–Crippen LogP) is 2.07. The van der Waals surface area contributed by atoms with Crippen LogP contribution in [0.5, 0.6) is 0 Å². The molecule has 15 atom stereocenters. The number of allylic oxidation sites excluding steroid dienone is 1. The molecule has 6 rings (SSSR count). The van der Waals surface area contributed by atoms with E-state index in [1.165, 1.54) is 0 Å². The Morgan fingerprint density at radius 1 is 0.854 bits per heavy atom. The summed E-state index contributed by atoms with van der Waals surface area (Å²) >= 11 is 0. The Balaban J connectivity index is 1.38. The molecule has 272 valence electrons. The van der Waals surface area contributed by atoms with Gasteiger partial charge in [-0.15, -0.1) is 0 Å². The molecular weight excluding hydrogens is 624 g/mol. The fraction of sp³-hybridized carbons (Fsp3) is 0.889. The van der Waals surface area contributed by atoms with Crippen molar-refractivity contribution in [2.75, 3.05) is 13.2 Å². The van der Waals surface area contributed by atoms with Gasteiger partial charge in [-0.05, 0) is 98.7 Å². The Bertz CT molecular complexity index is 1330. The number of rotatable bonds is 6. The zero-order valence-electron chi connectivity index (χ0n) is 28.8. The second-order valence-electron chi connectivity index (χ2n) is 17.7. The van der Waals surface area contributed by atoms with Crippen LogP contribution in [0.1, 0.15) is 92.4 Å². The Labute approximate surface area is 282 Å². The van der Waals surface area contributed by atoms with Gasteiger partial charge in [-0.25, -0.2) is 0 Å². The summed E-state index contributed by atoms with van der Waals surface area (Å²) in [6.07, 6.45) is -3.56. The third-order valence-corrected chi connectivity index (χ3v) is 15.2. The van der Waals surface area contributed by atoms with Gasteiger partial charge < -0.3 is 50.3 Å². The number of aliphatic hydroxyl groups is 6. The van der Waals surface area contributed by atoms with Crippen LogP contribution >= 0.6 is 0 Å². The fourth-order valence-corrected chi connectivity index (χ4v) is 12.4. The molecule has 5 aliphatic carbocycles. The minimum absolute atomic E-state index is 0.0445. The number of carbonyl (C=O) groups is 2. The summed E-state index contributed by atoms with van der Waals surface area (Å²) < 4.78 is 11.7. The van der Waals surface area contributed by atoms with Crippen LogP contribution in [-0.2, 0) is 19.1 Å². The number of ether oxygens (including phenoxy) is 2. The van der Waals surface area contributed by atoms with Gasteiger partial charge in [-0.3, -0.25) is 9.59 Å². The van der Waals surface area contributed by atoms with E-state index in [0.29, 0.717) is 38.5 Å². The average molecular weight is 681 g/mol. The third-order valence-electron chi connectivity index (χ3n) is 15.2. The van der Waals surface area contributed by atoms with Crippen LogP contribution in [0.3, 0.4) is 0 Å². The first kappa shape index (κ1) is 36.2. The van der Waals surface area contributed by atoms with Crippen LogP contribution in [0.2, 0.25) is 0 Å². The molecule has 12 nitrogen and oxygen atoms in total. The number of fused-ring (bicyclic) bond motifs is 7. The van der Waals surface area contributed by atoms with Gasteiger partial charge >= 0.3 is 11.9 Å². The maximum absolute atomic E-state index is 13.4. The quantitative estimate of drug-likeness (QED) is 0.150. The minimum Gasteiger partial charge on any atom is -0.481 e. The summed E-state index contributed by atoms with van der Waals surface area (Å²) in [5, 5.41) is 85.8. The van der Waals surface area contributed by atoms with Gasteiger partial charge in [0.25, 0.3) is 0 Å². The minimum atomic E-state index is -1.75. The molecule has 0 bridgehead atoms. The topological polar surface area (TPSA) is 214 Å². The van der Waals surface area contributed by atoms with Gasteiger partial charge in [-0.1, -0.05) is 39.3 Å². The molecule has 0 aromatic rings. The van der Waals surface area contributed by atoms with Crippen molar-refractivity contribution in [3.05, 3.63) is 11.6 Å². The van der Waals surface area contributed by atoms with E-state index in [2.05, 4.69) is 26.8 Å². The molecule has 1 aliphatic heterocycles. The van der Waals surface area contributed by atoms with Gasteiger partial charge in [0.1, 0.15) is 30.5 Å². The van der Waals surface area contributed by atoms with Crippen LogP contribution in [0.15, 0.2) is 11.6 Å². The SMILES string of the molecule is CC1(C)CC[C@@]2(C(=O)O)CC[C@@]3(CO)C(=CC[C@H]4[C@]5(C)C[C@@H](O)[C@@H](O[C@H]6O[C@@H](CO)[C@H](O)[C@@H](O)[C@@H]6O)[C@](C)(C(=O)O)[C@H]5CC[C@@]43C)[C@H]2C1. The molecule has 0 amide bonds. The third kappa shape index (κ3) is 4.69. The highest BCUT2D eigenvalue weighted by molar-refractivity contribution is 5.77. The van der Waals surface area contributed by atoms with E-state index in [-0.39, 0.29) is 30.3 Å². The van der Waals surface area contributed by atoms with E-state index in [1.807, 2.05) is 6.92 Å². The average Bonchev–Trinajstić information content (AvgIpc) is 3.01. The largest absolute Gasteiger partial charge is 0.481 e. The van der Waals surface area contributed by atoms with Gasteiger partial charge in [0.15, 0.2) is 6.29 Å². The van der Waals surface area contributed by atoms with Crippen molar-refractivity contribution in [1.82, 2.24) is 0 Å². The Kier molecular flexibility index (Phi) is 8.81. The normalized spacial score (nSPS) is 52.9. The highest BCUT2D eigenvalue weighted by atomic mass is 16.7. The van der Waals surface area contributed by atoms with Crippen molar-refractivity contribution in [1.29, 1.82) is 0 Å². The van der Waals surface area contributed by atoms with E-state index in [9.17, 15) is 50.4 Å². The van der Waals surface area contributed by atoms with Gasteiger partial charge in [0, 0.05) is 5.41 Å². The van der Waals surface area contributed by atoms with Crippen molar-refractivity contribution < 1.29 is 59.9 Å². The Morgan fingerprint density at radius 3 is 2.12 bits per heavy atom. The molecule has 5 fully saturated rings. The first-order valence-corrected chi connectivity index (χ1v) is 17.7. The molecule has 6 aliphatic rings. The molecule has 0 aromatic carbocycles. The summed E-state index contributed by atoms with van der Waals surface area (Å²) in [6.45, 7) is 9.33. The second kappa shape index (κ2) is 11.7. The zero-order valence-corrected chi connectivity index (χ0v) is 28.8. The smallest absolute Gasteiger partial charge is 0.312 e. The molecular formula is C36H56O12. The van der Waals surface area contributed by atoms with E-state index in [0.717, 1.165) is 18.4 Å². The van der Waals surface area contributed by atoms with Crippen LogP contribution in [0.25, 0.3) is 0 Å². The molecule has 4 saturated carbocycles. The van der Waals surface area contributed by atoms with E-state index in [1.54, 1.807) is 6.92 Å². The summed E-state index contributed by atoms with van der Waals surface area (Å²) in [4.78, 5) is 26.3. The lowest BCUT2D eigenvalue weighted by Crippen LogP contribution is -2.71. The first-order valence-electron chi connectivity index (χ1n) is 17.7. The number of aliphatic carboxylic acids is 2. The van der Waals surface area contributed by atoms with E-state index < -0.39 is 94.5 Å². The maximum Gasteiger partial charge on any atom is 0.312 e. The van der Waals surface area contributed by atoms with Gasteiger partial charge in [-0.2, -0.15) is 0 Å². The maximum atomic E-state index is 13.4. The molecule has 1 heterocycles. The van der Waals surface area contributed by atoms with E-state index >= 15 is 0 Å². The van der Waals surface area contributed by atoms with Gasteiger partial charge in [0.2, 0.25) is 0 Å². The molecule has 48 heavy (non-hydrogen) atoms. The van der Waals surface area contributed by atoms with E-state index in [4.69, 9.17) is 9.47 Å². The number of carboxylic acid groups (broad SMARTS) is 2. The molecule has 0 unspecified atom stereocenters. The molecule has 12 heteroatoms. The Hall–Kier alpha value is -1.64. The van der Waals surface area contributed by atoms with Crippen molar-refractivity contribution >= 4 is 11.9 Å². The number of hydrogen-bond donors (Lipinski definition) is 8.